The number of aromatic nitrogens is 4. The average molecular weight is 472 g/mol. The summed E-state index contributed by atoms with van der Waals surface area (Å²) in [6.45, 7) is 16.4. The van der Waals surface area contributed by atoms with Crippen molar-refractivity contribution < 1.29 is 4.79 Å². The molecule has 184 valence electrons. The number of hydrogen-bond donors (Lipinski definition) is 2. The minimum absolute atomic E-state index is 0.130. The lowest BCUT2D eigenvalue weighted by molar-refractivity contribution is 0.102. The van der Waals surface area contributed by atoms with Crippen LogP contribution in [0.25, 0.3) is 11.6 Å². The predicted octanol–water partition coefficient (Wildman–Crippen LogP) is 6.56. The number of H-pyrrole nitrogens is 1. The molecular formula is C29H37N5O. The first-order chi connectivity index (χ1) is 16.6. The molecule has 3 aromatic rings. The molecule has 1 amide bonds. The van der Waals surface area contributed by atoms with Gasteiger partial charge in [0.2, 0.25) is 5.95 Å². The summed E-state index contributed by atoms with van der Waals surface area (Å²) in [5, 5.41) is 15.8. The number of carbonyl (C=O) groups excluding carboxylic acids is 1. The Hall–Kier alpha value is -3.28. The number of nitrogens with zero attached hydrogens (tertiary/aromatic N) is 3. The summed E-state index contributed by atoms with van der Waals surface area (Å²) in [7, 11) is 0. The zero-order chi connectivity index (χ0) is 25.4. The van der Waals surface area contributed by atoms with Crippen molar-refractivity contribution in [1.29, 1.82) is 0 Å². The topological polar surface area (TPSA) is 83.6 Å². The predicted molar refractivity (Wildman–Crippen MR) is 142 cm³/mol. The van der Waals surface area contributed by atoms with Crippen molar-refractivity contribution in [3.63, 3.8) is 0 Å². The monoisotopic (exact) mass is 471 g/mol. The third-order valence-electron chi connectivity index (χ3n) is 8.15. The first kappa shape index (κ1) is 24.8. The van der Waals surface area contributed by atoms with E-state index in [0.717, 1.165) is 12.0 Å². The molecule has 1 aromatic heterocycles. The highest BCUT2D eigenvalue weighted by atomic mass is 16.1. The van der Waals surface area contributed by atoms with E-state index in [1.807, 2.05) is 24.3 Å². The van der Waals surface area contributed by atoms with E-state index in [0.29, 0.717) is 11.5 Å². The molecule has 35 heavy (non-hydrogen) atoms. The van der Waals surface area contributed by atoms with Crippen LogP contribution < -0.4 is 5.32 Å². The molecule has 2 N–H and O–H groups in total. The van der Waals surface area contributed by atoms with Gasteiger partial charge in [-0.15, -0.1) is 0 Å². The molecular weight excluding hydrogens is 434 g/mol. The number of allylic oxidation sites excluding steroid dienone is 1. The molecule has 0 saturated heterocycles. The van der Waals surface area contributed by atoms with Gasteiger partial charge in [-0.1, -0.05) is 83.4 Å². The number of anilines is 1. The van der Waals surface area contributed by atoms with Gasteiger partial charge in [-0.25, -0.2) is 5.10 Å². The third kappa shape index (κ3) is 4.66. The Morgan fingerprint density at radius 1 is 1.09 bits per heavy atom. The van der Waals surface area contributed by atoms with Gasteiger partial charge in [-0.3, -0.25) is 10.1 Å². The van der Waals surface area contributed by atoms with E-state index < -0.39 is 0 Å². The molecule has 2 aromatic carbocycles. The van der Waals surface area contributed by atoms with Gasteiger partial charge >= 0.3 is 0 Å². The minimum atomic E-state index is -0.254. The Bertz CT molecular complexity index is 1240. The van der Waals surface area contributed by atoms with Crippen molar-refractivity contribution in [2.24, 2.45) is 5.92 Å². The maximum absolute atomic E-state index is 12.4. The fourth-order valence-corrected chi connectivity index (χ4v) is 5.47. The number of aromatic amines is 1. The molecule has 1 aliphatic rings. The molecule has 6 nitrogen and oxygen atoms in total. The lowest BCUT2D eigenvalue weighted by Gasteiger charge is -2.32. The van der Waals surface area contributed by atoms with E-state index >= 15 is 0 Å². The Morgan fingerprint density at radius 3 is 2.34 bits per heavy atom. The largest absolute Gasteiger partial charge is 0.289 e. The average Bonchev–Trinajstić information content (AvgIpc) is 3.38. The van der Waals surface area contributed by atoms with Crippen molar-refractivity contribution in [3.05, 3.63) is 69.8 Å². The summed E-state index contributed by atoms with van der Waals surface area (Å²) >= 11 is 0. The Morgan fingerprint density at radius 2 is 1.74 bits per heavy atom. The number of fused-ring (bicyclic) bond motifs is 1. The van der Waals surface area contributed by atoms with Gasteiger partial charge in [0, 0.05) is 5.56 Å². The first-order valence-electron chi connectivity index (χ1n) is 12.6. The van der Waals surface area contributed by atoms with E-state index in [1.54, 1.807) is 0 Å². The van der Waals surface area contributed by atoms with Crippen LogP contribution in [0, 0.1) is 5.92 Å². The van der Waals surface area contributed by atoms with Gasteiger partial charge in [-0.2, -0.15) is 0 Å². The second-order valence-electron chi connectivity index (χ2n) is 11.0. The lowest BCUT2D eigenvalue weighted by Crippen LogP contribution is -2.30. The van der Waals surface area contributed by atoms with Gasteiger partial charge in [0.15, 0.2) is 0 Å². The van der Waals surface area contributed by atoms with Crippen LogP contribution in [-0.2, 0) is 17.3 Å². The van der Waals surface area contributed by atoms with Crippen molar-refractivity contribution in [1.82, 2.24) is 20.6 Å². The normalized spacial score (nSPS) is 18.4. The Labute approximate surface area is 208 Å². The second kappa shape index (κ2) is 9.40. The molecule has 0 aliphatic heterocycles. The molecule has 1 aliphatic carbocycles. The van der Waals surface area contributed by atoms with Gasteiger partial charge < -0.3 is 0 Å². The smallest absolute Gasteiger partial charge is 0.258 e. The highest BCUT2D eigenvalue weighted by Crippen LogP contribution is 2.54. The zero-order valence-corrected chi connectivity index (χ0v) is 22.0. The van der Waals surface area contributed by atoms with Crippen molar-refractivity contribution in [3.8, 4) is 0 Å². The SMILES string of the molecule is CCCCc1cc2c(cc1/C(C)=C/c1ccc(C(=O)Nc3nnn[nH]3)cc1)C(C)(C)C(C)C2(C)C. The van der Waals surface area contributed by atoms with Crippen LogP contribution in [0.3, 0.4) is 0 Å². The van der Waals surface area contributed by atoms with Crippen LogP contribution in [-0.4, -0.2) is 26.5 Å². The molecule has 0 fully saturated rings. The van der Waals surface area contributed by atoms with Crippen LogP contribution in [0.4, 0.5) is 5.95 Å². The third-order valence-corrected chi connectivity index (χ3v) is 8.15. The van der Waals surface area contributed by atoms with Crippen molar-refractivity contribution >= 4 is 23.5 Å². The molecule has 4 rings (SSSR count). The van der Waals surface area contributed by atoms with Crippen molar-refractivity contribution in [2.45, 2.75) is 78.6 Å². The van der Waals surface area contributed by atoms with Crippen LogP contribution in [0.2, 0.25) is 0 Å². The van der Waals surface area contributed by atoms with E-state index in [-0.39, 0.29) is 22.7 Å². The Balaban J connectivity index is 1.66. The van der Waals surface area contributed by atoms with Crippen LogP contribution in [0.1, 0.15) is 99.5 Å². The minimum Gasteiger partial charge on any atom is -0.289 e. The first-order valence-corrected chi connectivity index (χ1v) is 12.6. The zero-order valence-electron chi connectivity index (χ0n) is 22.0. The quantitative estimate of drug-likeness (QED) is 0.382. The van der Waals surface area contributed by atoms with Crippen molar-refractivity contribution in [2.75, 3.05) is 5.32 Å². The van der Waals surface area contributed by atoms with Gasteiger partial charge in [-0.05, 0) is 92.5 Å². The summed E-state index contributed by atoms with van der Waals surface area (Å²) < 4.78 is 0. The van der Waals surface area contributed by atoms with E-state index in [9.17, 15) is 4.79 Å². The fourth-order valence-electron chi connectivity index (χ4n) is 5.47. The van der Waals surface area contributed by atoms with Crippen LogP contribution in [0.15, 0.2) is 36.4 Å². The number of amides is 1. The number of aryl methyl sites for hydroxylation is 1. The maximum Gasteiger partial charge on any atom is 0.258 e. The van der Waals surface area contributed by atoms with Gasteiger partial charge in [0.05, 0.1) is 0 Å². The van der Waals surface area contributed by atoms with Gasteiger partial charge in [0.25, 0.3) is 5.91 Å². The molecule has 0 radical (unpaired) electrons. The number of carbonyl (C=O) groups is 1. The summed E-state index contributed by atoms with van der Waals surface area (Å²) in [6, 6.07) is 12.6. The molecule has 1 heterocycles. The Kier molecular flexibility index (Phi) is 6.67. The maximum atomic E-state index is 12.4. The van der Waals surface area contributed by atoms with Gasteiger partial charge in [0.1, 0.15) is 0 Å². The summed E-state index contributed by atoms with van der Waals surface area (Å²) in [5.74, 6) is 0.539. The molecule has 1 unspecified atom stereocenters. The number of hydrogen-bond acceptors (Lipinski definition) is 4. The number of rotatable bonds is 7. The number of benzene rings is 2. The summed E-state index contributed by atoms with van der Waals surface area (Å²) in [6.07, 6.45) is 5.67. The number of tetrazole rings is 1. The van der Waals surface area contributed by atoms with E-state index in [2.05, 4.69) is 92.6 Å². The fraction of sp³-hybridized carbons (Fsp3) is 0.448. The standard InChI is InChI=1S/C29H37N5O/c1-8-9-10-22-16-24-25(29(6,7)19(3)28(24,4)5)17-23(22)18(2)15-20-11-13-21(14-12-20)26(35)30-27-31-33-34-32-27/h11-17,19H,8-10H2,1-7H3,(H2,30,31,32,33,34,35)/b18-15+. The van der Waals surface area contributed by atoms with Crippen LogP contribution in [0.5, 0.6) is 0 Å². The molecule has 1 atom stereocenters. The molecule has 6 heteroatoms. The summed E-state index contributed by atoms with van der Waals surface area (Å²) in [5.41, 5.74) is 8.92. The second-order valence-corrected chi connectivity index (χ2v) is 11.0. The molecule has 0 saturated carbocycles. The highest BCUT2D eigenvalue weighted by Gasteiger charge is 2.48. The number of unbranched alkanes of at least 4 members (excludes halogenated alkanes) is 1. The lowest BCUT2D eigenvalue weighted by atomic mass is 9.71. The molecule has 0 spiro atoms. The van der Waals surface area contributed by atoms with E-state index in [4.69, 9.17) is 0 Å². The molecule has 0 bridgehead atoms. The highest BCUT2D eigenvalue weighted by molar-refractivity contribution is 6.03. The van der Waals surface area contributed by atoms with E-state index in [1.165, 1.54) is 40.7 Å². The van der Waals surface area contributed by atoms with Crippen LogP contribution >= 0.6 is 0 Å². The number of nitrogens with one attached hydrogen (secondary N) is 2. The summed E-state index contributed by atoms with van der Waals surface area (Å²) in [4.78, 5) is 12.4.